The molecule has 0 unspecified atom stereocenters. The Kier molecular flexibility index (Phi) is 6.27. The van der Waals surface area contributed by atoms with Crippen molar-refractivity contribution >= 4 is 50.3 Å². The molecule has 160 valence electrons. The molecular weight excluding hydrogens is 494 g/mol. The Morgan fingerprint density at radius 1 is 1.16 bits per heavy atom. The fraction of sp³-hybridized carbons (Fsp3) is 0.304. The van der Waals surface area contributed by atoms with Gasteiger partial charge in [-0.15, -0.1) is 11.3 Å². The zero-order valence-corrected chi connectivity index (χ0v) is 20.1. The van der Waals surface area contributed by atoms with Crippen LogP contribution >= 0.6 is 38.9 Å². The maximum atomic E-state index is 6.44. The number of likely N-dealkylation sites (tertiary alicyclic amines) is 1. The first-order chi connectivity index (χ1) is 15.2. The van der Waals surface area contributed by atoms with E-state index >= 15 is 0 Å². The topological polar surface area (TPSA) is 45.5 Å². The summed E-state index contributed by atoms with van der Waals surface area (Å²) < 4.78 is 2.72. The molecule has 1 aromatic carbocycles. The van der Waals surface area contributed by atoms with Gasteiger partial charge in [-0.05, 0) is 65.3 Å². The Labute approximate surface area is 199 Å². The predicted molar refractivity (Wildman–Crippen MR) is 132 cm³/mol. The van der Waals surface area contributed by atoms with Crippen molar-refractivity contribution in [3.05, 3.63) is 68.4 Å². The van der Waals surface area contributed by atoms with E-state index in [1.165, 1.54) is 17.7 Å². The molecule has 31 heavy (non-hydrogen) atoms. The van der Waals surface area contributed by atoms with E-state index in [1.807, 2.05) is 46.2 Å². The van der Waals surface area contributed by atoms with Crippen molar-refractivity contribution in [2.24, 2.45) is 5.92 Å². The van der Waals surface area contributed by atoms with Gasteiger partial charge in [0, 0.05) is 34.6 Å². The molecule has 0 aliphatic carbocycles. The molecule has 0 bridgehead atoms. The quantitative estimate of drug-likeness (QED) is 0.331. The summed E-state index contributed by atoms with van der Waals surface area (Å²) in [7, 11) is 0. The van der Waals surface area contributed by atoms with Crippen molar-refractivity contribution in [3.63, 3.8) is 0 Å². The molecule has 5 rings (SSSR count). The molecule has 0 amide bonds. The molecule has 0 saturated carbocycles. The van der Waals surface area contributed by atoms with E-state index in [4.69, 9.17) is 16.6 Å². The van der Waals surface area contributed by atoms with Crippen LogP contribution in [0.3, 0.4) is 0 Å². The first kappa shape index (κ1) is 20.9. The van der Waals surface area contributed by atoms with E-state index in [0.717, 1.165) is 53.4 Å². The van der Waals surface area contributed by atoms with Crippen molar-refractivity contribution in [1.29, 1.82) is 0 Å². The fourth-order valence-electron chi connectivity index (χ4n) is 4.09. The van der Waals surface area contributed by atoms with Crippen LogP contribution in [0.5, 0.6) is 0 Å². The zero-order chi connectivity index (χ0) is 21.2. The average Bonchev–Trinajstić information content (AvgIpc) is 3.43. The Hall–Kier alpha value is -1.93. The molecule has 4 aromatic rings. The van der Waals surface area contributed by atoms with Crippen LogP contribution in [-0.2, 0) is 6.54 Å². The first-order valence-corrected chi connectivity index (χ1v) is 12.5. The normalized spacial score (nSPS) is 15.5. The summed E-state index contributed by atoms with van der Waals surface area (Å²) in [4.78, 5) is 8.80. The van der Waals surface area contributed by atoms with Crippen LogP contribution in [0.15, 0.2) is 58.5 Å². The summed E-state index contributed by atoms with van der Waals surface area (Å²) in [6, 6.07) is 14.2. The molecule has 4 heterocycles. The average molecular weight is 517 g/mol. The molecule has 1 aliphatic heterocycles. The third kappa shape index (κ3) is 4.65. The second-order valence-electron chi connectivity index (χ2n) is 7.91. The molecule has 0 atom stereocenters. The van der Waals surface area contributed by atoms with Crippen molar-refractivity contribution < 1.29 is 0 Å². The summed E-state index contributed by atoms with van der Waals surface area (Å²) in [6.07, 6.45) is 4.19. The van der Waals surface area contributed by atoms with Gasteiger partial charge >= 0.3 is 0 Å². The summed E-state index contributed by atoms with van der Waals surface area (Å²) in [6.45, 7) is 4.29. The lowest BCUT2D eigenvalue weighted by molar-refractivity contribution is 0.183. The molecule has 1 fully saturated rings. The third-order valence-corrected chi connectivity index (χ3v) is 7.57. The van der Waals surface area contributed by atoms with Crippen molar-refractivity contribution in [1.82, 2.24) is 19.5 Å². The molecule has 5 nitrogen and oxygen atoms in total. The van der Waals surface area contributed by atoms with Crippen molar-refractivity contribution in [2.45, 2.75) is 19.4 Å². The van der Waals surface area contributed by atoms with Gasteiger partial charge in [-0.2, -0.15) is 9.61 Å². The number of halogens is 2. The number of thiophene rings is 1. The van der Waals surface area contributed by atoms with Crippen LogP contribution in [0.2, 0.25) is 5.02 Å². The fourth-order valence-corrected chi connectivity index (χ4v) is 5.42. The SMILES string of the molecule is Clc1ccccc1-c1cc(NCC2CCN(Cc3cccs3)CC2)n2ncc(Br)c2n1. The Balaban J connectivity index is 1.30. The number of piperidine rings is 1. The number of nitrogens with zero attached hydrogens (tertiary/aromatic N) is 4. The summed E-state index contributed by atoms with van der Waals surface area (Å²) in [5.74, 6) is 1.58. The van der Waals surface area contributed by atoms with Crippen LogP contribution in [-0.4, -0.2) is 39.1 Å². The van der Waals surface area contributed by atoms with E-state index in [1.54, 1.807) is 6.20 Å². The van der Waals surface area contributed by atoms with Crippen LogP contribution in [0, 0.1) is 5.92 Å². The van der Waals surface area contributed by atoms with Gasteiger partial charge in [0.05, 0.1) is 16.4 Å². The molecule has 1 saturated heterocycles. The van der Waals surface area contributed by atoms with Gasteiger partial charge in [0.2, 0.25) is 0 Å². The summed E-state index contributed by atoms with van der Waals surface area (Å²) >= 11 is 11.9. The van der Waals surface area contributed by atoms with Gasteiger partial charge in [-0.25, -0.2) is 4.98 Å². The van der Waals surface area contributed by atoms with Crippen LogP contribution in [0.25, 0.3) is 16.9 Å². The van der Waals surface area contributed by atoms with E-state index in [-0.39, 0.29) is 0 Å². The highest BCUT2D eigenvalue weighted by molar-refractivity contribution is 9.10. The number of hydrogen-bond donors (Lipinski definition) is 1. The van der Waals surface area contributed by atoms with Crippen LogP contribution in [0.1, 0.15) is 17.7 Å². The Bertz CT molecular complexity index is 1170. The Morgan fingerprint density at radius 2 is 2.00 bits per heavy atom. The number of hydrogen-bond acceptors (Lipinski definition) is 5. The number of nitrogens with one attached hydrogen (secondary N) is 1. The number of aromatic nitrogens is 3. The van der Waals surface area contributed by atoms with Crippen LogP contribution < -0.4 is 5.32 Å². The molecule has 1 N–H and O–H groups in total. The minimum atomic E-state index is 0.644. The van der Waals surface area contributed by atoms with Gasteiger partial charge in [0.15, 0.2) is 5.65 Å². The molecule has 1 aliphatic rings. The standard InChI is InChI=1S/C23H23BrClN5S/c24-19-14-27-30-22(12-21(28-23(19)30)18-5-1-2-6-20(18)25)26-13-16-7-9-29(10-8-16)15-17-4-3-11-31-17/h1-6,11-12,14,16,26H,7-10,13,15H2. The van der Waals surface area contributed by atoms with Gasteiger partial charge in [-0.1, -0.05) is 35.9 Å². The maximum absolute atomic E-state index is 6.44. The molecule has 0 spiro atoms. The minimum Gasteiger partial charge on any atom is -0.370 e. The third-order valence-electron chi connectivity index (χ3n) is 5.82. The zero-order valence-electron chi connectivity index (χ0n) is 17.0. The van der Waals surface area contributed by atoms with E-state index < -0.39 is 0 Å². The summed E-state index contributed by atoms with van der Waals surface area (Å²) in [5.41, 5.74) is 2.54. The first-order valence-electron chi connectivity index (χ1n) is 10.4. The molecular formula is C23H23BrClN5S. The van der Waals surface area contributed by atoms with Crippen LogP contribution in [0.4, 0.5) is 5.82 Å². The van der Waals surface area contributed by atoms with Gasteiger partial charge in [-0.3, -0.25) is 4.90 Å². The number of fused-ring (bicyclic) bond motifs is 1. The van der Waals surface area contributed by atoms with E-state index in [2.05, 4.69) is 48.8 Å². The Morgan fingerprint density at radius 3 is 2.77 bits per heavy atom. The van der Waals surface area contributed by atoms with Gasteiger partial charge in [0.1, 0.15) is 5.82 Å². The van der Waals surface area contributed by atoms with E-state index in [9.17, 15) is 0 Å². The smallest absolute Gasteiger partial charge is 0.172 e. The lowest BCUT2D eigenvalue weighted by atomic mass is 9.97. The van der Waals surface area contributed by atoms with Gasteiger partial charge in [0.25, 0.3) is 0 Å². The monoisotopic (exact) mass is 515 g/mol. The second kappa shape index (κ2) is 9.28. The highest BCUT2D eigenvalue weighted by Crippen LogP contribution is 2.30. The van der Waals surface area contributed by atoms with Crippen molar-refractivity contribution in [2.75, 3.05) is 25.0 Å². The number of benzene rings is 1. The van der Waals surface area contributed by atoms with Crippen molar-refractivity contribution in [3.8, 4) is 11.3 Å². The molecule has 8 heteroatoms. The highest BCUT2D eigenvalue weighted by atomic mass is 79.9. The largest absolute Gasteiger partial charge is 0.370 e. The molecule has 3 aromatic heterocycles. The predicted octanol–water partition coefficient (Wildman–Crippen LogP) is 6.20. The van der Waals surface area contributed by atoms with E-state index in [0.29, 0.717) is 10.9 Å². The minimum absolute atomic E-state index is 0.644. The number of anilines is 1. The highest BCUT2D eigenvalue weighted by Gasteiger charge is 2.20. The maximum Gasteiger partial charge on any atom is 0.172 e. The molecule has 0 radical (unpaired) electrons. The lowest BCUT2D eigenvalue weighted by Crippen LogP contribution is -2.35. The van der Waals surface area contributed by atoms with Gasteiger partial charge < -0.3 is 5.32 Å². The number of rotatable bonds is 6. The lowest BCUT2D eigenvalue weighted by Gasteiger charge is -2.31. The summed E-state index contributed by atoms with van der Waals surface area (Å²) in [5, 5.41) is 11.0. The second-order valence-corrected chi connectivity index (χ2v) is 10.2.